The van der Waals surface area contributed by atoms with E-state index >= 15 is 0 Å². The fraction of sp³-hybridized carbons (Fsp3) is 0.864. The van der Waals surface area contributed by atoms with Crippen LogP contribution in [0.5, 0.6) is 0 Å². The van der Waals surface area contributed by atoms with Gasteiger partial charge in [0.05, 0.1) is 0 Å². The van der Waals surface area contributed by atoms with Crippen LogP contribution in [-0.4, -0.2) is 22.4 Å². The summed E-state index contributed by atoms with van der Waals surface area (Å²) in [7, 11) is 3.28. The van der Waals surface area contributed by atoms with E-state index in [0.717, 1.165) is 37.0 Å². The van der Waals surface area contributed by atoms with Crippen molar-refractivity contribution in [2.45, 2.75) is 84.7 Å². The van der Waals surface area contributed by atoms with Gasteiger partial charge in [-0.3, -0.25) is 4.79 Å². The molecule has 0 spiro atoms. The molecule has 0 aromatic carbocycles. The molecule has 0 heterocycles. The number of carbonyl (C=O) groups is 1. The second-order valence-electron chi connectivity index (χ2n) is 9.74. The summed E-state index contributed by atoms with van der Waals surface area (Å²) in [4.78, 5) is 12.6. The summed E-state index contributed by atoms with van der Waals surface area (Å²) >= 11 is 0. The molecule has 25 heavy (non-hydrogen) atoms. The zero-order valence-electron chi connectivity index (χ0n) is 16.1. The molecular weight excluding hydrogens is 324 g/mol. The van der Waals surface area contributed by atoms with Crippen molar-refractivity contribution in [3.8, 4) is 0 Å². The van der Waals surface area contributed by atoms with E-state index in [1.54, 1.807) is 5.57 Å². The van der Waals surface area contributed by atoms with Crippen LogP contribution in [0.4, 0.5) is 0 Å². The van der Waals surface area contributed by atoms with Gasteiger partial charge in [0.15, 0.2) is 0 Å². The molecule has 4 aliphatic carbocycles. The highest BCUT2D eigenvalue weighted by Crippen LogP contribution is 2.66. The number of ketones is 1. The van der Waals surface area contributed by atoms with Crippen molar-refractivity contribution in [1.82, 2.24) is 0 Å². The third-order valence-corrected chi connectivity index (χ3v) is 9.30. The van der Waals surface area contributed by atoms with Crippen molar-refractivity contribution in [3.05, 3.63) is 11.6 Å². The van der Waals surface area contributed by atoms with Crippen LogP contribution in [0.2, 0.25) is 0 Å². The van der Waals surface area contributed by atoms with Crippen LogP contribution in [0.3, 0.4) is 0 Å². The van der Waals surface area contributed by atoms with Gasteiger partial charge in [-0.05, 0) is 80.0 Å². The molecule has 0 N–H and O–H groups in total. The molecule has 1 unspecified atom stereocenters. The minimum absolute atomic E-state index is 0.270. The molecule has 0 amide bonds. The van der Waals surface area contributed by atoms with Gasteiger partial charge < -0.3 is 4.43 Å². The lowest BCUT2D eigenvalue weighted by atomic mass is 9.47. The van der Waals surface area contributed by atoms with Crippen LogP contribution in [0.25, 0.3) is 0 Å². The van der Waals surface area contributed by atoms with Crippen molar-refractivity contribution in [1.29, 1.82) is 0 Å². The minimum Gasteiger partial charge on any atom is -0.415 e. The molecule has 3 heteroatoms. The van der Waals surface area contributed by atoms with E-state index in [4.69, 9.17) is 4.43 Å². The van der Waals surface area contributed by atoms with E-state index in [0.29, 0.717) is 23.2 Å². The third-order valence-electron chi connectivity index (χ3n) is 8.96. The molecular formula is C22H33O2Si. The first-order chi connectivity index (χ1) is 11.9. The quantitative estimate of drug-likeness (QED) is 0.524. The topological polar surface area (TPSA) is 26.3 Å². The Morgan fingerprint density at radius 2 is 2.00 bits per heavy atom. The second kappa shape index (κ2) is 6.33. The largest absolute Gasteiger partial charge is 0.415 e. The summed E-state index contributed by atoms with van der Waals surface area (Å²) in [6, 6.07) is 0. The summed E-state index contributed by atoms with van der Waals surface area (Å²) in [6.45, 7) is 7.04. The first-order valence-corrected chi connectivity index (χ1v) is 10.9. The Bertz CT molecular complexity index is 585. The summed E-state index contributed by atoms with van der Waals surface area (Å²) < 4.78 is 5.49. The molecule has 4 aliphatic rings. The lowest BCUT2D eigenvalue weighted by Gasteiger charge is -2.58. The maximum atomic E-state index is 12.6. The minimum atomic E-state index is 0.270. The van der Waals surface area contributed by atoms with Crippen molar-refractivity contribution in [3.63, 3.8) is 0 Å². The van der Waals surface area contributed by atoms with E-state index in [2.05, 4.69) is 30.4 Å². The highest BCUT2D eigenvalue weighted by atomic mass is 28.2. The number of hydrogen-bond donors (Lipinski definition) is 0. The number of allylic oxidation sites excluding steroid dienone is 1. The molecule has 0 aliphatic heterocycles. The smallest absolute Gasteiger partial charge is 0.246 e. The molecule has 0 aromatic rings. The van der Waals surface area contributed by atoms with Gasteiger partial charge in [-0.1, -0.05) is 32.4 Å². The lowest BCUT2D eigenvalue weighted by molar-refractivity contribution is -0.129. The highest BCUT2D eigenvalue weighted by Gasteiger charge is 2.59. The zero-order chi connectivity index (χ0) is 17.8. The number of rotatable bonds is 3. The first kappa shape index (κ1) is 18.0. The average molecular weight is 358 g/mol. The molecule has 137 valence electrons. The number of carbonyl (C=O) groups excluding carboxylic acids is 1. The van der Waals surface area contributed by atoms with Crippen molar-refractivity contribution < 1.29 is 9.22 Å². The Labute approximate surface area is 156 Å². The summed E-state index contributed by atoms with van der Waals surface area (Å²) in [5.41, 5.74) is 2.30. The Hall–Kier alpha value is -0.413. The summed E-state index contributed by atoms with van der Waals surface area (Å²) in [5.74, 6) is 3.22. The van der Waals surface area contributed by atoms with Gasteiger partial charge >= 0.3 is 0 Å². The van der Waals surface area contributed by atoms with Crippen molar-refractivity contribution >= 4 is 16.3 Å². The van der Waals surface area contributed by atoms with Crippen molar-refractivity contribution in [2.24, 2.45) is 34.5 Å². The number of fused-ring (bicyclic) bond motifs is 5. The maximum Gasteiger partial charge on any atom is 0.246 e. The van der Waals surface area contributed by atoms with Gasteiger partial charge in [0.1, 0.15) is 5.78 Å². The van der Waals surface area contributed by atoms with Crippen LogP contribution in [-0.2, 0) is 9.22 Å². The SMILES string of the molecule is CCC(=O)[C@H]1CC[C@H]2[C@@H]3CC=C4CC(O[Si])CC[C@]4(C)[C@H]3CC[C@]12C. The molecule has 3 radical (unpaired) electrons. The average Bonchev–Trinajstić information content (AvgIpc) is 2.97. The lowest BCUT2D eigenvalue weighted by Crippen LogP contribution is -2.51. The van der Waals surface area contributed by atoms with Crippen LogP contribution in [0.15, 0.2) is 11.6 Å². The van der Waals surface area contributed by atoms with E-state index in [1.807, 2.05) is 6.92 Å². The zero-order valence-corrected chi connectivity index (χ0v) is 17.1. The Kier molecular flexibility index (Phi) is 4.55. The number of hydrogen-bond acceptors (Lipinski definition) is 2. The van der Waals surface area contributed by atoms with Gasteiger partial charge in [0, 0.05) is 18.4 Å². The molecule has 3 fully saturated rings. The van der Waals surface area contributed by atoms with Gasteiger partial charge in [-0.25, -0.2) is 0 Å². The third kappa shape index (κ3) is 2.56. The normalized spacial score (nSPS) is 49.0. The summed E-state index contributed by atoms with van der Waals surface area (Å²) in [6.07, 6.45) is 13.4. The van der Waals surface area contributed by atoms with Crippen LogP contribution in [0, 0.1) is 34.5 Å². The van der Waals surface area contributed by atoms with E-state index in [-0.39, 0.29) is 5.41 Å². The van der Waals surface area contributed by atoms with Crippen LogP contribution in [0.1, 0.15) is 78.6 Å². The maximum absolute atomic E-state index is 12.6. The Morgan fingerprint density at radius 1 is 1.20 bits per heavy atom. The van der Waals surface area contributed by atoms with E-state index < -0.39 is 0 Å². The Balaban J connectivity index is 1.62. The molecule has 0 saturated heterocycles. The fourth-order valence-electron chi connectivity index (χ4n) is 7.50. The van der Waals surface area contributed by atoms with E-state index in [9.17, 15) is 4.79 Å². The molecule has 0 bridgehead atoms. The monoisotopic (exact) mass is 357 g/mol. The standard InChI is InChI=1S/C22H33O2Si/c1-4-20(23)19-8-7-17-16-6-5-14-13-15(24-25)9-11-21(14,2)18(16)10-12-22(17,19)3/h5,15-19H,4,6-13H2,1-3H3/t15?,16-,17-,18-,19+,21-,22-/m0/s1. The molecule has 0 aromatic heterocycles. The number of Topliss-reactive ketones (excluding diaryl/α,β-unsaturated/α-hetero) is 1. The Morgan fingerprint density at radius 3 is 2.72 bits per heavy atom. The van der Waals surface area contributed by atoms with Gasteiger partial charge in [0.25, 0.3) is 0 Å². The first-order valence-electron chi connectivity index (χ1n) is 10.5. The predicted molar refractivity (Wildman–Crippen MR) is 101 cm³/mol. The molecule has 7 atom stereocenters. The van der Waals surface area contributed by atoms with Crippen LogP contribution < -0.4 is 0 Å². The predicted octanol–water partition coefficient (Wildman–Crippen LogP) is 5.01. The molecule has 3 saturated carbocycles. The molecule has 4 rings (SSSR count). The fourth-order valence-corrected chi connectivity index (χ4v) is 7.70. The van der Waals surface area contributed by atoms with E-state index in [1.165, 1.54) is 38.5 Å². The van der Waals surface area contributed by atoms with Gasteiger partial charge in [0.2, 0.25) is 10.5 Å². The summed E-state index contributed by atoms with van der Waals surface area (Å²) in [5, 5.41) is 0. The van der Waals surface area contributed by atoms with Crippen LogP contribution >= 0.6 is 0 Å². The van der Waals surface area contributed by atoms with Crippen molar-refractivity contribution in [2.75, 3.05) is 0 Å². The second-order valence-corrected chi connectivity index (χ2v) is 9.97. The highest BCUT2D eigenvalue weighted by molar-refractivity contribution is 5.98. The van der Waals surface area contributed by atoms with Gasteiger partial charge in [-0.15, -0.1) is 0 Å². The molecule has 2 nitrogen and oxygen atoms in total. The van der Waals surface area contributed by atoms with Gasteiger partial charge in [-0.2, -0.15) is 0 Å².